The molecule has 0 saturated heterocycles. The molecule has 2 unspecified atom stereocenters. The normalized spacial score (nSPS) is 14.5. The molecule has 0 amide bonds. The molecule has 0 bridgehead atoms. The topological polar surface area (TPSA) is 100 Å². The van der Waals surface area contributed by atoms with Gasteiger partial charge in [0.1, 0.15) is 16.8 Å². The van der Waals surface area contributed by atoms with Crippen LogP contribution in [-0.2, 0) is 18.2 Å². The van der Waals surface area contributed by atoms with Crippen molar-refractivity contribution in [2.24, 2.45) is 16.6 Å². The predicted molar refractivity (Wildman–Crippen MR) is 133 cm³/mol. The molecule has 170 valence electrons. The van der Waals surface area contributed by atoms with Gasteiger partial charge in [0.2, 0.25) is 0 Å². The van der Waals surface area contributed by atoms with E-state index in [1.54, 1.807) is 30.5 Å². The Kier molecular flexibility index (Phi) is 9.93. The van der Waals surface area contributed by atoms with Gasteiger partial charge in [0.05, 0.1) is 13.1 Å². The summed E-state index contributed by atoms with van der Waals surface area (Å²) in [6.45, 7) is 4.31. The molecule has 9 heteroatoms. The fraction of sp³-hybridized carbons (Fsp3) is 0.409. The van der Waals surface area contributed by atoms with Crippen LogP contribution in [0.15, 0.2) is 53.6 Å². The van der Waals surface area contributed by atoms with E-state index in [0.29, 0.717) is 13.3 Å². The molecule has 0 aromatic heterocycles. The average molecular weight is 464 g/mol. The fourth-order valence-corrected chi connectivity index (χ4v) is 4.96. The van der Waals surface area contributed by atoms with E-state index in [4.69, 9.17) is 28.0 Å². The van der Waals surface area contributed by atoms with Crippen molar-refractivity contribution < 1.29 is 9.84 Å². The van der Waals surface area contributed by atoms with Crippen LogP contribution >= 0.6 is 6.85 Å². The quantitative estimate of drug-likeness (QED) is 0.192. The zero-order valence-electron chi connectivity index (χ0n) is 18.5. The number of benzene rings is 2. The molecular weight excluding hydrogens is 429 g/mol. The number of phenolic OH excluding ortho intramolecular Hbond substituents is 1. The van der Waals surface area contributed by atoms with Crippen LogP contribution < -0.4 is 16.2 Å². The summed E-state index contributed by atoms with van der Waals surface area (Å²) in [6, 6.07) is 15.0. The van der Waals surface area contributed by atoms with E-state index in [1.165, 1.54) is 5.56 Å². The van der Waals surface area contributed by atoms with Gasteiger partial charge in [-0.3, -0.25) is 9.68 Å². The highest BCUT2D eigenvalue weighted by molar-refractivity contribution is 8.04. The van der Waals surface area contributed by atoms with Crippen molar-refractivity contribution in [1.29, 1.82) is 0 Å². The number of hydrogen-bond acceptors (Lipinski definition) is 7. The number of ether oxygens (including phenoxy) is 1. The molecule has 0 aliphatic heterocycles. The van der Waals surface area contributed by atoms with E-state index in [2.05, 4.69) is 31.1 Å². The summed E-state index contributed by atoms with van der Waals surface area (Å²) in [4.78, 5) is 1.99. The van der Waals surface area contributed by atoms with Crippen LogP contribution in [0.5, 0.6) is 11.5 Å². The molecular formula is C22H34N5O2PS. The Hall–Kier alpha value is -1.96. The first kappa shape index (κ1) is 25.3. The van der Waals surface area contributed by atoms with E-state index in [0.717, 1.165) is 30.7 Å². The third-order valence-corrected chi connectivity index (χ3v) is 9.35. The minimum absolute atomic E-state index is 0.229. The second-order valence-electron chi connectivity index (χ2n) is 7.50. The Morgan fingerprint density at radius 3 is 2.29 bits per heavy atom. The second kappa shape index (κ2) is 12.2. The van der Waals surface area contributed by atoms with Gasteiger partial charge in [-0.15, -0.1) is 0 Å². The number of phenols is 1. The fourth-order valence-electron chi connectivity index (χ4n) is 2.90. The first-order valence-corrected chi connectivity index (χ1v) is 12.9. The summed E-state index contributed by atoms with van der Waals surface area (Å²) in [5.74, 6) is 1.03. The summed E-state index contributed by atoms with van der Waals surface area (Å²) >= 11 is 5.87. The first-order valence-electron chi connectivity index (χ1n) is 10.3. The largest absolute Gasteiger partial charge is 0.508 e. The molecule has 2 rings (SSSR count). The maximum atomic E-state index is 9.40. The lowest BCUT2D eigenvalue weighted by molar-refractivity contribution is 0.171. The summed E-state index contributed by atoms with van der Waals surface area (Å²) in [5, 5.41) is 13.4. The molecule has 31 heavy (non-hydrogen) atoms. The Balaban J connectivity index is 2.01. The molecule has 0 aliphatic carbocycles. The van der Waals surface area contributed by atoms with Gasteiger partial charge in [-0.1, -0.05) is 30.9 Å². The van der Waals surface area contributed by atoms with Gasteiger partial charge < -0.3 is 21.3 Å². The molecule has 0 spiro atoms. The van der Waals surface area contributed by atoms with Gasteiger partial charge in [-0.25, -0.2) is 0 Å². The third-order valence-electron chi connectivity index (χ3n) is 5.19. The third kappa shape index (κ3) is 7.59. The van der Waals surface area contributed by atoms with Crippen LogP contribution in [0.3, 0.4) is 0 Å². The summed E-state index contributed by atoms with van der Waals surface area (Å²) in [7, 11) is 1.89. The van der Waals surface area contributed by atoms with Crippen molar-refractivity contribution in [3.8, 4) is 11.5 Å². The molecule has 0 heterocycles. The lowest BCUT2D eigenvalue weighted by Crippen LogP contribution is -2.36. The molecule has 0 radical (unpaired) electrons. The Labute approximate surface area is 191 Å². The van der Waals surface area contributed by atoms with E-state index in [9.17, 15) is 5.11 Å². The molecule has 5 N–H and O–H groups in total. The number of nitrogens with two attached hydrogens (primary N) is 2. The molecule has 2 atom stereocenters. The minimum Gasteiger partial charge on any atom is -0.508 e. The van der Waals surface area contributed by atoms with Crippen molar-refractivity contribution in [3.05, 3.63) is 59.7 Å². The van der Waals surface area contributed by atoms with Gasteiger partial charge in [0.25, 0.3) is 0 Å². The van der Waals surface area contributed by atoms with Crippen LogP contribution in [0.1, 0.15) is 31.4 Å². The highest BCUT2D eigenvalue weighted by Crippen LogP contribution is 2.45. The van der Waals surface area contributed by atoms with Crippen molar-refractivity contribution >= 4 is 24.9 Å². The van der Waals surface area contributed by atoms with Gasteiger partial charge in [-0.2, -0.15) is 5.10 Å². The zero-order chi connectivity index (χ0) is 22.9. The monoisotopic (exact) mass is 463 g/mol. The van der Waals surface area contributed by atoms with E-state index in [-0.39, 0.29) is 5.75 Å². The number of hydrogen-bond donors (Lipinski definition) is 3. The Morgan fingerprint density at radius 2 is 1.74 bits per heavy atom. The number of aromatic hydroxyl groups is 1. The van der Waals surface area contributed by atoms with Crippen molar-refractivity contribution in [1.82, 2.24) is 9.68 Å². The lowest BCUT2D eigenvalue weighted by Gasteiger charge is -2.34. The van der Waals surface area contributed by atoms with E-state index in [1.807, 2.05) is 28.9 Å². The van der Waals surface area contributed by atoms with Crippen LogP contribution in [0.25, 0.3) is 0 Å². The van der Waals surface area contributed by atoms with Crippen molar-refractivity contribution in [2.45, 2.75) is 32.0 Å². The van der Waals surface area contributed by atoms with Crippen LogP contribution in [0.2, 0.25) is 0 Å². The second-order valence-corrected chi connectivity index (χ2v) is 11.0. The van der Waals surface area contributed by atoms with Crippen LogP contribution in [-0.4, -0.2) is 53.3 Å². The van der Waals surface area contributed by atoms with Gasteiger partial charge in [0.15, 0.2) is 0 Å². The zero-order valence-corrected chi connectivity index (χ0v) is 20.3. The minimum atomic E-state index is -1.56. The molecule has 0 saturated carbocycles. The molecule has 2 aromatic rings. The Bertz CT molecular complexity index is 859. The maximum absolute atomic E-state index is 9.40. The lowest BCUT2D eigenvalue weighted by atomic mass is 10.1. The summed E-state index contributed by atoms with van der Waals surface area (Å²) in [5.41, 5.74) is 13.4. The molecule has 0 aliphatic rings. The van der Waals surface area contributed by atoms with Crippen LogP contribution in [0, 0.1) is 0 Å². The standard InChI is InChI=1S/C22H34N5O2PS/c1-4-22(2,30(31)26(3)25-15-19-5-9-20(28)10-6-19)29-21-11-7-18(8-12-21)13-14-27(16-23)17-24/h5-12,15,28,30H,4,13-14,16-17,23-24H2,1-3H3/b25-15+. The highest BCUT2D eigenvalue weighted by Gasteiger charge is 2.31. The number of hydrazone groups is 1. The van der Waals surface area contributed by atoms with Crippen molar-refractivity contribution in [2.75, 3.05) is 26.9 Å². The van der Waals surface area contributed by atoms with E-state index < -0.39 is 12.2 Å². The van der Waals surface area contributed by atoms with Gasteiger partial charge >= 0.3 is 0 Å². The number of nitrogens with zero attached hydrogens (tertiary/aromatic N) is 3. The average Bonchev–Trinajstić information content (AvgIpc) is 2.79. The van der Waals surface area contributed by atoms with Crippen molar-refractivity contribution in [3.63, 3.8) is 0 Å². The summed E-state index contributed by atoms with van der Waals surface area (Å²) in [6.07, 6.45) is 3.39. The molecule has 0 fully saturated rings. The van der Waals surface area contributed by atoms with E-state index >= 15 is 0 Å². The van der Waals surface area contributed by atoms with Gasteiger partial charge in [-0.05, 0) is 67.3 Å². The molecule has 7 nitrogen and oxygen atoms in total. The maximum Gasteiger partial charge on any atom is 0.149 e. The van der Waals surface area contributed by atoms with Gasteiger partial charge in [0, 0.05) is 26.9 Å². The molecule has 2 aromatic carbocycles. The van der Waals surface area contributed by atoms with Crippen LogP contribution in [0.4, 0.5) is 0 Å². The Morgan fingerprint density at radius 1 is 1.13 bits per heavy atom. The predicted octanol–water partition coefficient (Wildman–Crippen LogP) is 3.13. The highest BCUT2D eigenvalue weighted by atomic mass is 32.4. The SMILES string of the molecule is CCC(C)(Oc1ccc(CCN(CN)CN)cc1)[PH](=S)N(C)/N=C/c1ccc(O)cc1. The smallest absolute Gasteiger partial charge is 0.149 e. The summed E-state index contributed by atoms with van der Waals surface area (Å²) < 4.78 is 8.20. The first-order chi connectivity index (χ1) is 14.8. The number of rotatable bonds is 12.